The topological polar surface area (TPSA) is 61.6 Å². The van der Waals surface area contributed by atoms with Crippen LogP contribution in [0.4, 0.5) is 0 Å². The fourth-order valence-corrected chi connectivity index (χ4v) is 1.65. The van der Waals surface area contributed by atoms with Crippen LogP contribution < -0.4 is 15.2 Å². The number of rotatable bonds is 1. The maximum Gasteiger partial charge on any atom is 0.379 e. The number of aromatic nitrogens is 2. The molecule has 0 fully saturated rings. The van der Waals surface area contributed by atoms with E-state index in [2.05, 4.69) is 0 Å². The molecule has 0 aliphatic rings. The lowest BCUT2D eigenvalue weighted by Crippen LogP contribution is -2.42. The van der Waals surface area contributed by atoms with E-state index in [0.717, 1.165) is 4.57 Å². The van der Waals surface area contributed by atoms with Crippen LogP contribution in [0.15, 0.2) is 15.4 Å². The summed E-state index contributed by atoms with van der Waals surface area (Å²) >= 11 is 0. The third-order valence-electron chi connectivity index (χ3n) is 2.44. The molecule has 5 nitrogen and oxygen atoms in total. The molecule has 0 N–H and O–H groups in total. The van der Waals surface area contributed by atoms with Crippen molar-refractivity contribution in [3.8, 4) is 5.88 Å². The van der Waals surface area contributed by atoms with Gasteiger partial charge in [-0.2, -0.15) is 0 Å². The fourth-order valence-electron chi connectivity index (χ4n) is 1.65. The number of aryl methyl sites for hydroxylation is 2. The number of hydrogen-bond acceptors (Lipinski definition) is 3. The van der Waals surface area contributed by atoms with Crippen molar-refractivity contribution in [1.82, 2.24) is 4.57 Å². The first-order valence-electron chi connectivity index (χ1n) is 4.79. The van der Waals surface area contributed by atoms with E-state index in [1.54, 1.807) is 13.0 Å². The molecule has 0 amide bonds. The molecule has 0 aliphatic heterocycles. The van der Waals surface area contributed by atoms with Gasteiger partial charge in [-0.15, -0.1) is 0 Å². The Hall–Kier alpha value is -1.78. The molecule has 2 heterocycles. The van der Waals surface area contributed by atoms with Crippen LogP contribution in [0.2, 0.25) is 0 Å². The summed E-state index contributed by atoms with van der Waals surface area (Å²) in [5.74, 6) is 0.364. The maximum absolute atomic E-state index is 11.8. The fraction of sp³-hybridized carbons (Fsp3) is 0.400. The van der Waals surface area contributed by atoms with E-state index in [9.17, 15) is 9.90 Å². The predicted octanol–water partition coefficient (Wildman–Crippen LogP) is -0.110. The van der Waals surface area contributed by atoms with Crippen LogP contribution in [-0.4, -0.2) is 4.57 Å². The standard InChI is InChI=1S/C10H12N2O3/c1-4-11-8-5-6(2)15-12(8)10(14)7(3)9(11)13/h5H,4H2,1-3H3. The van der Waals surface area contributed by atoms with Gasteiger partial charge < -0.3 is 5.11 Å². The van der Waals surface area contributed by atoms with Gasteiger partial charge in [-0.05, 0) is 20.8 Å². The summed E-state index contributed by atoms with van der Waals surface area (Å²) in [6, 6.07) is 1.69. The second kappa shape index (κ2) is 3.12. The first-order chi connectivity index (χ1) is 7.06. The first kappa shape index (κ1) is 9.76. The molecule has 0 radical (unpaired) electrons. The molecule has 5 heteroatoms. The van der Waals surface area contributed by atoms with Crippen LogP contribution in [0, 0.1) is 13.8 Å². The molecular formula is C10H12N2O3. The minimum atomic E-state index is -0.382. The Labute approximate surface area is 86.2 Å². The van der Waals surface area contributed by atoms with Crippen molar-refractivity contribution < 1.29 is 14.2 Å². The molecule has 0 aromatic carbocycles. The zero-order valence-corrected chi connectivity index (χ0v) is 8.90. The molecule has 80 valence electrons. The van der Waals surface area contributed by atoms with Gasteiger partial charge in [-0.1, -0.05) is 0 Å². The Bertz CT molecular complexity index is 580. The van der Waals surface area contributed by atoms with Gasteiger partial charge in [0.25, 0.3) is 0 Å². The molecule has 2 aromatic rings. The summed E-state index contributed by atoms with van der Waals surface area (Å²) in [6.45, 7) is 5.63. The Morgan fingerprint density at radius 2 is 2.20 bits per heavy atom. The molecule has 15 heavy (non-hydrogen) atoms. The van der Waals surface area contributed by atoms with Gasteiger partial charge in [0.15, 0.2) is 5.76 Å². The Balaban J connectivity index is 3.03. The molecule has 2 aromatic heterocycles. The third-order valence-corrected chi connectivity index (χ3v) is 2.44. The minimum absolute atomic E-state index is 0.184. The van der Waals surface area contributed by atoms with Gasteiger partial charge in [-0.25, -0.2) is 9.36 Å². The number of hydrogen-bond donors (Lipinski definition) is 0. The van der Waals surface area contributed by atoms with E-state index in [-0.39, 0.29) is 17.0 Å². The van der Waals surface area contributed by atoms with Gasteiger partial charge in [-0.3, -0.25) is 4.52 Å². The van der Waals surface area contributed by atoms with E-state index in [1.807, 2.05) is 6.92 Å². The van der Waals surface area contributed by atoms with E-state index >= 15 is 0 Å². The normalized spacial score (nSPS) is 11.1. The van der Waals surface area contributed by atoms with Crippen LogP contribution in [0.25, 0.3) is 5.65 Å². The molecule has 0 atom stereocenters. The highest BCUT2D eigenvalue weighted by Crippen LogP contribution is 2.08. The average molecular weight is 208 g/mol. The quantitative estimate of drug-likeness (QED) is 0.614. The van der Waals surface area contributed by atoms with Crippen molar-refractivity contribution in [2.75, 3.05) is 0 Å². The number of nitrogens with zero attached hydrogens (tertiary/aromatic N) is 2. The zero-order chi connectivity index (χ0) is 11.2. The maximum atomic E-state index is 11.8. The monoisotopic (exact) mass is 208 g/mol. The zero-order valence-electron chi connectivity index (χ0n) is 8.90. The third kappa shape index (κ3) is 1.23. The second-order valence-electron chi connectivity index (χ2n) is 3.48. The lowest BCUT2D eigenvalue weighted by molar-refractivity contribution is -0.714. The average Bonchev–Trinajstić information content (AvgIpc) is 2.58. The highest BCUT2D eigenvalue weighted by Gasteiger charge is 2.18. The summed E-state index contributed by atoms with van der Waals surface area (Å²) in [4.78, 5) is 11.7. The van der Waals surface area contributed by atoms with Gasteiger partial charge >= 0.3 is 11.2 Å². The lowest BCUT2D eigenvalue weighted by atomic mass is 10.3. The highest BCUT2D eigenvalue weighted by molar-refractivity contribution is 5.33. The summed E-state index contributed by atoms with van der Waals surface area (Å²) in [7, 11) is 0. The number of fused-ring (bicyclic) bond motifs is 1. The Morgan fingerprint density at radius 3 is 2.80 bits per heavy atom. The van der Waals surface area contributed by atoms with Crippen molar-refractivity contribution in [1.29, 1.82) is 0 Å². The summed E-state index contributed by atoms with van der Waals surface area (Å²) in [5, 5.41) is 11.8. The summed E-state index contributed by atoms with van der Waals surface area (Å²) in [6.07, 6.45) is 0. The van der Waals surface area contributed by atoms with E-state index in [0.29, 0.717) is 18.0 Å². The largest absolute Gasteiger partial charge is 0.842 e. The molecule has 0 unspecified atom stereocenters. The molecular weight excluding hydrogens is 196 g/mol. The van der Waals surface area contributed by atoms with Crippen LogP contribution in [0.5, 0.6) is 5.88 Å². The summed E-state index contributed by atoms with van der Waals surface area (Å²) < 4.78 is 7.90. The smallest absolute Gasteiger partial charge is 0.379 e. The second-order valence-corrected chi connectivity index (χ2v) is 3.48. The lowest BCUT2D eigenvalue weighted by Gasteiger charge is -2.10. The van der Waals surface area contributed by atoms with E-state index in [1.165, 1.54) is 11.5 Å². The van der Waals surface area contributed by atoms with Crippen molar-refractivity contribution in [3.63, 3.8) is 0 Å². The van der Waals surface area contributed by atoms with Crippen LogP contribution in [0.3, 0.4) is 0 Å². The van der Waals surface area contributed by atoms with E-state index in [4.69, 9.17) is 4.52 Å². The Kier molecular flexibility index (Phi) is 2.03. The molecule has 0 aliphatic carbocycles. The molecule has 0 spiro atoms. The van der Waals surface area contributed by atoms with Crippen LogP contribution in [0.1, 0.15) is 18.2 Å². The van der Waals surface area contributed by atoms with Crippen molar-refractivity contribution in [3.05, 3.63) is 27.7 Å². The molecule has 0 saturated heterocycles. The van der Waals surface area contributed by atoms with Crippen LogP contribution >= 0.6 is 0 Å². The van der Waals surface area contributed by atoms with Crippen molar-refractivity contribution >= 4 is 5.65 Å². The predicted molar refractivity (Wildman–Crippen MR) is 50.7 cm³/mol. The van der Waals surface area contributed by atoms with Gasteiger partial charge in [0.2, 0.25) is 0 Å². The van der Waals surface area contributed by atoms with Gasteiger partial charge in [0.1, 0.15) is 0 Å². The summed E-state index contributed by atoms with van der Waals surface area (Å²) in [5.41, 5.74) is 0.312. The van der Waals surface area contributed by atoms with Crippen molar-refractivity contribution in [2.24, 2.45) is 0 Å². The van der Waals surface area contributed by atoms with Gasteiger partial charge in [0.05, 0.1) is 24.1 Å². The molecule has 0 bridgehead atoms. The SMILES string of the molecule is CC[n+]1c([O-])c(C)c(=O)n2oc(C)cc21. The van der Waals surface area contributed by atoms with Gasteiger partial charge in [0, 0.05) is 4.57 Å². The Morgan fingerprint density at radius 1 is 1.53 bits per heavy atom. The molecule has 2 rings (SSSR count). The minimum Gasteiger partial charge on any atom is -0.842 e. The van der Waals surface area contributed by atoms with Crippen LogP contribution in [-0.2, 0) is 6.54 Å². The van der Waals surface area contributed by atoms with E-state index < -0.39 is 0 Å². The van der Waals surface area contributed by atoms with Crippen molar-refractivity contribution in [2.45, 2.75) is 27.3 Å². The molecule has 0 saturated carbocycles. The first-order valence-corrected chi connectivity index (χ1v) is 4.79. The highest BCUT2D eigenvalue weighted by atomic mass is 16.5.